The molecule has 1 aliphatic rings. The SMILES string of the molecule is CCc1ccc2nc(N3C(=O)C(=O)/C(=C(/O)c4ccc(F)c(C)c4)C3c3cccc(C)c3)sc2c1. The lowest BCUT2D eigenvalue weighted by atomic mass is 9.94. The minimum Gasteiger partial charge on any atom is -0.507 e. The number of carbonyl (C=O) groups excluding carboxylic acids is 2. The van der Waals surface area contributed by atoms with Crippen molar-refractivity contribution < 1.29 is 19.1 Å². The normalized spacial score (nSPS) is 17.5. The van der Waals surface area contributed by atoms with Crippen molar-refractivity contribution in [3.63, 3.8) is 0 Å². The number of rotatable bonds is 4. The van der Waals surface area contributed by atoms with Gasteiger partial charge < -0.3 is 5.11 Å². The molecule has 5 rings (SSSR count). The molecule has 0 aliphatic carbocycles. The standard InChI is InChI=1S/C28H23FN2O3S/c1-4-17-8-11-21-22(14-17)35-28(30-21)31-24(18-7-5-6-15(2)12-18)23(26(33)27(31)34)25(32)19-9-10-20(29)16(3)13-19/h5-14,24,32H,4H2,1-3H3/b25-23+. The summed E-state index contributed by atoms with van der Waals surface area (Å²) in [5.41, 5.74) is 4.07. The number of hydrogen-bond donors (Lipinski definition) is 1. The van der Waals surface area contributed by atoms with Gasteiger partial charge in [0.1, 0.15) is 11.6 Å². The number of anilines is 1. The van der Waals surface area contributed by atoms with Crippen molar-refractivity contribution in [3.8, 4) is 0 Å². The van der Waals surface area contributed by atoms with Crippen LogP contribution in [0.2, 0.25) is 0 Å². The molecule has 4 aromatic rings. The lowest BCUT2D eigenvalue weighted by Gasteiger charge is -2.23. The van der Waals surface area contributed by atoms with Gasteiger partial charge in [-0.15, -0.1) is 0 Å². The van der Waals surface area contributed by atoms with Crippen molar-refractivity contribution in [1.82, 2.24) is 4.98 Å². The van der Waals surface area contributed by atoms with E-state index in [-0.39, 0.29) is 16.9 Å². The Kier molecular flexibility index (Phi) is 5.73. The van der Waals surface area contributed by atoms with E-state index in [0.29, 0.717) is 16.3 Å². The molecule has 1 aromatic heterocycles. The largest absolute Gasteiger partial charge is 0.507 e. The molecule has 7 heteroatoms. The van der Waals surface area contributed by atoms with Crippen molar-refractivity contribution in [1.29, 1.82) is 0 Å². The summed E-state index contributed by atoms with van der Waals surface area (Å²) in [6.07, 6.45) is 0.869. The molecule has 35 heavy (non-hydrogen) atoms. The van der Waals surface area contributed by atoms with Crippen LogP contribution in [0.15, 0.2) is 66.2 Å². The molecule has 1 amide bonds. The number of amides is 1. The van der Waals surface area contributed by atoms with E-state index in [0.717, 1.165) is 27.8 Å². The molecule has 3 aromatic carbocycles. The Bertz CT molecular complexity index is 1540. The average Bonchev–Trinajstić information content (AvgIpc) is 3.38. The number of aromatic nitrogens is 1. The Morgan fingerprint density at radius 1 is 1.09 bits per heavy atom. The van der Waals surface area contributed by atoms with Gasteiger partial charge in [0.2, 0.25) is 0 Å². The first-order chi connectivity index (χ1) is 16.8. The molecule has 0 bridgehead atoms. The van der Waals surface area contributed by atoms with Crippen molar-refractivity contribution in [2.45, 2.75) is 33.2 Å². The van der Waals surface area contributed by atoms with E-state index in [2.05, 4.69) is 11.9 Å². The number of hydrogen-bond acceptors (Lipinski definition) is 5. The van der Waals surface area contributed by atoms with Crippen molar-refractivity contribution in [2.75, 3.05) is 4.90 Å². The van der Waals surface area contributed by atoms with Gasteiger partial charge in [0.15, 0.2) is 5.13 Å². The van der Waals surface area contributed by atoms with Crippen LogP contribution in [-0.2, 0) is 16.0 Å². The molecule has 1 saturated heterocycles. The van der Waals surface area contributed by atoms with Crippen LogP contribution in [0.1, 0.15) is 40.8 Å². The van der Waals surface area contributed by atoms with Gasteiger partial charge in [-0.1, -0.05) is 54.2 Å². The van der Waals surface area contributed by atoms with Gasteiger partial charge in [-0.3, -0.25) is 14.5 Å². The molecule has 1 unspecified atom stereocenters. The highest BCUT2D eigenvalue weighted by molar-refractivity contribution is 7.22. The summed E-state index contributed by atoms with van der Waals surface area (Å²) in [5.74, 6) is -2.32. The number of aliphatic hydroxyl groups is 1. The zero-order chi connectivity index (χ0) is 24.9. The molecule has 1 N–H and O–H groups in total. The number of ketones is 1. The fourth-order valence-electron chi connectivity index (χ4n) is 4.41. The maximum absolute atomic E-state index is 13.9. The first-order valence-corrected chi connectivity index (χ1v) is 12.1. The van der Waals surface area contributed by atoms with Gasteiger partial charge >= 0.3 is 5.91 Å². The summed E-state index contributed by atoms with van der Waals surface area (Å²) < 4.78 is 14.8. The second-order valence-corrected chi connectivity index (χ2v) is 9.71. The zero-order valence-corrected chi connectivity index (χ0v) is 20.3. The molecule has 0 saturated carbocycles. The molecule has 0 spiro atoms. The van der Waals surface area contributed by atoms with Crippen LogP contribution in [0.25, 0.3) is 16.0 Å². The monoisotopic (exact) mass is 486 g/mol. The van der Waals surface area contributed by atoms with Crippen LogP contribution in [0.4, 0.5) is 9.52 Å². The van der Waals surface area contributed by atoms with Crippen LogP contribution in [0.3, 0.4) is 0 Å². The van der Waals surface area contributed by atoms with Crippen molar-refractivity contribution in [3.05, 3.63) is 99.9 Å². The highest BCUT2D eigenvalue weighted by Gasteiger charge is 2.48. The Morgan fingerprint density at radius 2 is 1.89 bits per heavy atom. The Morgan fingerprint density at radius 3 is 2.60 bits per heavy atom. The maximum atomic E-state index is 13.9. The number of thiazole rings is 1. The molecular formula is C28H23FN2O3S. The number of halogens is 1. The molecule has 1 atom stereocenters. The van der Waals surface area contributed by atoms with Crippen LogP contribution >= 0.6 is 11.3 Å². The first-order valence-electron chi connectivity index (χ1n) is 11.3. The quantitative estimate of drug-likeness (QED) is 0.211. The molecule has 0 radical (unpaired) electrons. The Hall–Kier alpha value is -3.84. The van der Waals surface area contributed by atoms with Crippen LogP contribution in [0, 0.1) is 19.7 Å². The van der Waals surface area contributed by atoms with Crippen molar-refractivity contribution >= 4 is 44.1 Å². The van der Waals surface area contributed by atoms with Gasteiger partial charge in [0.05, 0.1) is 21.8 Å². The molecule has 5 nitrogen and oxygen atoms in total. The smallest absolute Gasteiger partial charge is 0.301 e. The van der Waals surface area contributed by atoms with E-state index in [1.54, 1.807) is 6.92 Å². The average molecular weight is 487 g/mol. The second kappa shape index (κ2) is 8.74. The van der Waals surface area contributed by atoms with E-state index in [4.69, 9.17) is 0 Å². The van der Waals surface area contributed by atoms with E-state index < -0.39 is 23.5 Å². The van der Waals surface area contributed by atoms with Gasteiger partial charge in [0.25, 0.3) is 5.78 Å². The molecular weight excluding hydrogens is 463 g/mol. The third-order valence-corrected chi connectivity index (χ3v) is 7.31. The fraction of sp³-hybridized carbons (Fsp3) is 0.179. The van der Waals surface area contributed by atoms with Crippen LogP contribution < -0.4 is 4.90 Å². The summed E-state index contributed by atoms with van der Waals surface area (Å²) in [7, 11) is 0. The number of aliphatic hydroxyl groups excluding tert-OH is 1. The number of carbonyl (C=O) groups is 2. The molecule has 2 heterocycles. The number of aryl methyl sites for hydroxylation is 3. The maximum Gasteiger partial charge on any atom is 0.301 e. The summed E-state index contributed by atoms with van der Waals surface area (Å²) in [5, 5.41) is 11.6. The third kappa shape index (κ3) is 3.91. The van der Waals surface area contributed by atoms with Gasteiger partial charge in [0, 0.05) is 5.56 Å². The number of benzene rings is 3. The van der Waals surface area contributed by atoms with Gasteiger partial charge in [-0.25, -0.2) is 9.37 Å². The van der Waals surface area contributed by atoms with Crippen LogP contribution in [-0.4, -0.2) is 21.8 Å². The Labute approximate surface area is 206 Å². The summed E-state index contributed by atoms with van der Waals surface area (Å²) in [6.45, 7) is 5.56. The second-order valence-electron chi connectivity index (χ2n) is 8.70. The predicted octanol–water partition coefficient (Wildman–Crippen LogP) is 6.24. The van der Waals surface area contributed by atoms with E-state index in [1.807, 2.05) is 49.4 Å². The molecule has 1 fully saturated rings. The third-order valence-electron chi connectivity index (χ3n) is 6.29. The zero-order valence-electron chi connectivity index (χ0n) is 19.5. The minimum absolute atomic E-state index is 0.0416. The highest BCUT2D eigenvalue weighted by Crippen LogP contribution is 2.44. The van der Waals surface area contributed by atoms with E-state index in [9.17, 15) is 19.1 Å². The summed E-state index contributed by atoms with van der Waals surface area (Å²) in [4.78, 5) is 32.7. The molecule has 176 valence electrons. The summed E-state index contributed by atoms with van der Waals surface area (Å²) >= 11 is 1.33. The Balaban J connectivity index is 1.73. The minimum atomic E-state index is -0.869. The molecule has 1 aliphatic heterocycles. The van der Waals surface area contributed by atoms with E-state index >= 15 is 0 Å². The number of fused-ring (bicyclic) bond motifs is 1. The van der Waals surface area contributed by atoms with E-state index in [1.165, 1.54) is 34.4 Å². The van der Waals surface area contributed by atoms with Crippen molar-refractivity contribution in [2.24, 2.45) is 0 Å². The van der Waals surface area contributed by atoms with Crippen LogP contribution in [0.5, 0.6) is 0 Å². The van der Waals surface area contributed by atoms with Gasteiger partial charge in [-0.05, 0) is 67.3 Å². The summed E-state index contributed by atoms with van der Waals surface area (Å²) in [6, 6.07) is 16.7. The number of Topliss-reactive ketones (excluding diaryl/α,β-unsaturated/α-hetero) is 1. The van der Waals surface area contributed by atoms with Gasteiger partial charge in [-0.2, -0.15) is 0 Å². The first kappa shape index (κ1) is 22.9. The fourth-order valence-corrected chi connectivity index (χ4v) is 5.47. The number of nitrogens with zero attached hydrogens (tertiary/aromatic N) is 2. The highest BCUT2D eigenvalue weighted by atomic mass is 32.1. The lowest BCUT2D eigenvalue weighted by Crippen LogP contribution is -2.29. The predicted molar refractivity (Wildman–Crippen MR) is 136 cm³/mol. The lowest BCUT2D eigenvalue weighted by molar-refractivity contribution is -0.132. The topological polar surface area (TPSA) is 70.5 Å².